The van der Waals surface area contributed by atoms with Crippen molar-refractivity contribution in [1.29, 1.82) is 0 Å². The molecule has 0 unspecified atom stereocenters. The Morgan fingerprint density at radius 2 is 1.53 bits per heavy atom. The molecule has 2 N–H and O–H groups in total. The summed E-state index contributed by atoms with van der Waals surface area (Å²) < 4.78 is 29.6. The van der Waals surface area contributed by atoms with Crippen molar-refractivity contribution in [3.05, 3.63) is 35.9 Å². The molecule has 2 aliphatic rings. The maximum absolute atomic E-state index is 14.3. The largest absolute Gasteiger partial charge is 0.459 e. The second kappa shape index (κ2) is 16.6. The minimum Gasteiger partial charge on any atom is -0.459 e. The van der Waals surface area contributed by atoms with Crippen molar-refractivity contribution in [2.45, 2.75) is 168 Å². The van der Waals surface area contributed by atoms with Crippen LogP contribution >= 0.6 is 0 Å². The molecule has 1 aromatic rings. The van der Waals surface area contributed by atoms with Crippen molar-refractivity contribution >= 4 is 31.2 Å². The third-order valence-corrected chi connectivity index (χ3v) is 9.81. The number of unbranched alkanes of at least 4 members (excludes halogenated alkanes) is 1. The van der Waals surface area contributed by atoms with Crippen LogP contribution in [0.1, 0.15) is 121 Å². The molecular formula is C38H62BN3O9. The summed E-state index contributed by atoms with van der Waals surface area (Å²) in [5.41, 5.74) is -3.14. The zero-order chi connectivity index (χ0) is 38.4. The maximum atomic E-state index is 14.3. The molecule has 0 aliphatic carbocycles. The first-order valence-electron chi connectivity index (χ1n) is 18.4. The Bertz CT molecular complexity index is 1340. The van der Waals surface area contributed by atoms with Crippen LogP contribution < -0.4 is 10.6 Å². The predicted octanol–water partition coefficient (Wildman–Crippen LogP) is 6.80. The standard InChI is InChI=1S/C38H62BN3O9/c1-13-26(2)29(41-32(45)48-34(3,4)5)30(43)40-28-23-38(42(24-28)33(46)49-35(6,7)8,31(44)47-25-27-19-15-14-16-20-27)21-17-18-22-39-50-36(9,10)37(11,12)51-39/h14-16,19-20,26,28-29H,13,17-18,21-25H2,1-12H3,(H,40,43)(H,41,45)/t26-,28+,29-,38+/m0/s1. The molecule has 51 heavy (non-hydrogen) atoms. The van der Waals surface area contributed by atoms with E-state index < -0.39 is 71.2 Å². The summed E-state index contributed by atoms with van der Waals surface area (Å²) in [7, 11) is -0.400. The normalized spacial score (nSPS) is 22.5. The fourth-order valence-electron chi connectivity index (χ4n) is 6.27. The van der Waals surface area contributed by atoms with Crippen molar-refractivity contribution in [1.82, 2.24) is 15.5 Å². The Hall–Kier alpha value is -3.32. The Kier molecular flexibility index (Phi) is 13.7. The molecule has 13 heteroatoms. The molecule has 0 spiro atoms. The van der Waals surface area contributed by atoms with Crippen LogP contribution in [0.4, 0.5) is 9.59 Å². The van der Waals surface area contributed by atoms with Gasteiger partial charge in [-0.05, 0) is 93.5 Å². The Labute approximate surface area is 305 Å². The average molecular weight is 716 g/mol. The molecule has 3 amide bonds. The number of rotatable bonds is 13. The molecule has 0 bridgehead atoms. The van der Waals surface area contributed by atoms with Gasteiger partial charge in [-0.3, -0.25) is 9.69 Å². The summed E-state index contributed by atoms with van der Waals surface area (Å²) in [6, 6.07) is 7.79. The summed E-state index contributed by atoms with van der Waals surface area (Å²) in [6.07, 6.45) is 1.39. The van der Waals surface area contributed by atoms with Gasteiger partial charge in [-0.15, -0.1) is 0 Å². The molecule has 2 saturated heterocycles. The van der Waals surface area contributed by atoms with Crippen LogP contribution in [0.2, 0.25) is 6.32 Å². The highest BCUT2D eigenvalue weighted by Crippen LogP contribution is 2.40. The molecule has 0 radical (unpaired) electrons. The van der Waals surface area contributed by atoms with E-state index in [4.69, 9.17) is 23.5 Å². The summed E-state index contributed by atoms with van der Waals surface area (Å²) in [6.45, 7) is 22.4. The number of hydrogen-bond donors (Lipinski definition) is 2. The van der Waals surface area contributed by atoms with Crippen LogP contribution in [0.15, 0.2) is 30.3 Å². The van der Waals surface area contributed by atoms with Gasteiger partial charge in [0, 0.05) is 19.0 Å². The topological polar surface area (TPSA) is 142 Å². The number of ether oxygens (including phenoxy) is 3. The fraction of sp³-hybridized carbons (Fsp3) is 0.737. The SMILES string of the molecule is CC[C@H](C)[C@H](NC(=O)OC(C)(C)C)C(=O)N[C@H]1CN(C(=O)OC(C)(C)C)[C@@](CCCCB2OC(C)(C)C(C)(C)O2)(C(=O)OCc2ccccc2)C1. The predicted molar refractivity (Wildman–Crippen MR) is 196 cm³/mol. The van der Waals surface area contributed by atoms with Gasteiger partial charge in [0.15, 0.2) is 0 Å². The first-order valence-corrected chi connectivity index (χ1v) is 18.4. The highest BCUT2D eigenvalue weighted by molar-refractivity contribution is 6.45. The molecular weight excluding hydrogens is 653 g/mol. The van der Waals surface area contributed by atoms with Crippen molar-refractivity contribution < 1.29 is 42.7 Å². The van der Waals surface area contributed by atoms with Crippen LogP contribution in [0, 0.1) is 5.92 Å². The lowest BCUT2D eigenvalue weighted by atomic mass is 9.80. The molecule has 1 aromatic carbocycles. The second-order valence-electron chi connectivity index (χ2n) is 17.0. The van der Waals surface area contributed by atoms with Crippen molar-refractivity contribution in [3.63, 3.8) is 0 Å². The molecule has 3 rings (SSSR count). The molecule has 2 fully saturated rings. The zero-order valence-electron chi connectivity index (χ0n) is 33.0. The molecule has 286 valence electrons. The number of benzene rings is 1. The van der Waals surface area contributed by atoms with E-state index in [9.17, 15) is 19.2 Å². The monoisotopic (exact) mass is 715 g/mol. The quantitative estimate of drug-likeness (QED) is 0.0977. The van der Waals surface area contributed by atoms with Gasteiger partial charge in [0.2, 0.25) is 5.91 Å². The smallest absolute Gasteiger partial charge is 0.457 e. The highest BCUT2D eigenvalue weighted by atomic mass is 16.7. The number of amides is 3. The number of carbonyl (C=O) groups excluding carboxylic acids is 4. The number of alkyl carbamates (subject to hydrolysis) is 1. The number of nitrogens with zero attached hydrogens (tertiary/aromatic N) is 1. The third-order valence-electron chi connectivity index (χ3n) is 9.81. The van der Waals surface area contributed by atoms with E-state index in [0.29, 0.717) is 25.6 Å². The van der Waals surface area contributed by atoms with Gasteiger partial charge < -0.3 is 34.2 Å². The van der Waals surface area contributed by atoms with Gasteiger partial charge in [0.05, 0.1) is 11.2 Å². The number of carbonyl (C=O) groups is 4. The summed E-state index contributed by atoms with van der Waals surface area (Å²) >= 11 is 0. The first kappa shape index (κ1) is 42.1. The van der Waals surface area contributed by atoms with Gasteiger partial charge in [0.25, 0.3) is 0 Å². The van der Waals surface area contributed by atoms with Crippen LogP contribution in [0.5, 0.6) is 0 Å². The lowest BCUT2D eigenvalue weighted by Crippen LogP contribution is -2.55. The fourth-order valence-corrected chi connectivity index (χ4v) is 6.27. The van der Waals surface area contributed by atoms with Gasteiger partial charge in [-0.1, -0.05) is 63.4 Å². The molecule has 2 heterocycles. The van der Waals surface area contributed by atoms with Gasteiger partial charge in [0.1, 0.15) is 29.4 Å². The third kappa shape index (κ3) is 11.6. The number of nitrogens with one attached hydrogen (secondary N) is 2. The van der Waals surface area contributed by atoms with E-state index in [1.807, 2.05) is 71.9 Å². The number of esters is 1. The highest BCUT2D eigenvalue weighted by Gasteiger charge is 2.56. The van der Waals surface area contributed by atoms with Crippen LogP contribution in [0.3, 0.4) is 0 Å². The molecule has 2 aliphatic heterocycles. The van der Waals surface area contributed by atoms with E-state index >= 15 is 0 Å². The van der Waals surface area contributed by atoms with E-state index in [0.717, 1.165) is 5.56 Å². The molecule has 12 nitrogen and oxygen atoms in total. The minimum atomic E-state index is -1.44. The number of hydrogen-bond acceptors (Lipinski definition) is 9. The maximum Gasteiger partial charge on any atom is 0.457 e. The van der Waals surface area contributed by atoms with Gasteiger partial charge in [-0.2, -0.15) is 0 Å². The van der Waals surface area contributed by atoms with Gasteiger partial charge >= 0.3 is 25.3 Å². The van der Waals surface area contributed by atoms with Crippen molar-refractivity contribution in [2.24, 2.45) is 5.92 Å². The molecule has 0 saturated carbocycles. The number of likely N-dealkylation sites (tertiary alicyclic amines) is 1. The van der Waals surface area contributed by atoms with Crippen molar-refractivity contribution in [2.75, 3.05) is 6.54 Å². The van der Waals surface area contributed by atoms with E-state index in [1.165, 1.54) is 4.90 Å². The zero-order valence-corrected chi connectivity index (χ0v) is 33.0. The first-order chi connectivity index (χ1) is 23.5. The molecule has 0 aromatic heterocycles. The summed E-state index contributed by atoms with van der Waals surface area (Å²) in [5, 5.41) is 5.77. The van der Waals surface area contributed by atoms with Crippen LogP contribution in [-0.2, 0) is 39.7 Å². The van der Waals surface area contributed by atoms with Gasteiger partial charge in [-0.25, -0.2) is 14.4 Å². The van der Waals surface area contributed by atoms with Crippen molar-refractivity contribution in [3.8, 4) is 0 Å². The Morgan fingerprint density at radius 1 is 0.941 bits per heavy atom. The molecule has 4 atom stereocenters. The van der Waals surface area contributed by atoms with E-state index in [-0.39, 0.29) is 31.9 Å². The summed E-state index contributed by atoms with van der Waals surface area (Å²) in [5.74, 6) is -1.23. The minimum absolute atomic E-state index is 0.0119. The average Bonchev–Trinajstić information content (AvgIpc) is 3.47. The van der Waals surface area contributed by atoms with Crippen LogP contribution in [-0.4, -0.2) is 82.7 Å². The Balaban J connectivity index is 1.90. The second-order valence-corrected chi connectivity index (χ2v) is 17.0. The summed E-state index contributed by atoms with van der Waals surface area (Å²) in [4.78, 5) is 56.2. The van der Waals surface area contributed by atoms with Crippen LogP contribution in [0.25, 0.3) is 0 Å². The lowest BCUT2D eigenvalue weighted by Gasteiger charge is -2.37. The Morgan fingerprint density at radius 3 is 2.08 bits per heavy atom. The lowest BCUT2D eigenvalue weighted by molar-refractivity contribution is -0.158. The van der Waals surface area contributed by atoms with E-state index in [2.05, 4.69) is 10.6 Å². The van der Waals surface area contributed by atoms with E-state index in [1.54, 1.807) is 41.5 Å².